The SMILES string of the molecule is Cl.NCCCC(=O)NC1CCc2cc(F)ccc21. The van der Waals surface area contributed by atoms with Crippen LogP contribution in [0.2, 0.25) is 0 Å². The monoisotopic (exact) mass is 272 g/mol. The maximum Gasteiger partial charge on any atom is 0.220 e. The molecule has 0 fully saturated rings. The van der Waals surface area contributed by atoms with Crippen molar-refractivity contribution in [2.45, 2.75) is 31.7 Å². The summed E-state index contributed by atoms with van der Waals surface area (Å²) in [5.74, 6) is -0.184. The van der Waals surface area contributed by atoms with Gasteiger partial charge in [-0.3, -0.25) is 4.79 Å². The van der Waals surface area contributed by atoms with Crippen molar-refractivity contribution < 1.29 is 9.18 Å². The second kappa shape index (κ2) is 6.71. The highest BCUT2D eigenvalue weighted by Gasteiger charge is 2.23. The first-order valence-electron chi connectivity index (χ1n) is 5.98. The highest BCUT2D eigenvalue weighted by atomic mass is 35.5. The molecule has 3 N–H and O–H groups in total. The van der Waals surface area contributed by atoms with E-state index >= 15 is 0 Å². The number of halogens is 2. The maximum atomic E-state index is 13.0. The zero-order valence-electron chi connectivity index (χ0n) is 10.1. The second-order valence-corrected chi connectivity index (χ2v) is 4.39. The molecule has 1 aromatic carbocycles. The van der Waals surface area contributed by atoms with Crippen LogP contribution in [0.1, 0.15) is 36.4 Å². The molecule has 0 aromatic heterocycles. The third kappa shape index (κ3) is 3.43. The van der Waals surface area contributed by atoms with Gasteiger partial charge in [0.25, 0.3) is 0 Å². The highest BCUT2D eigenvalue weighted by Crippen LogP contribution is 2.31. The van der Waals surface area contributed by atoms with Gasteiger partial charge in [0.05, 0.1) is 6.04 Å². The lowest BCUT2D eigenvalue weighted by atomic mass is 10.1. The molecule has 0 heterocycles. The van der Waals surface area contributed by atoms with E-state index in [0.717, 1.165) is 24.0 Å². The first kappa shape index (κ1) is 14.9. The Bertz CT molecular complexity index is 425. The van der Waals surface area contributed by atoms with E-state index in [-0.39, 0.29) is 30.2 Å². The lowest BCUT2D eigenvalue weighted by molar-refractivity contribution is -0.121. The van der Waals surface area contributed by atoms with Gasteiger partial charge >= 0.3 is 0 Å². The van der Waals surface area contributed by atoms with Crippen LogP contribution in [-0.4, -0.2) is 12.5 Å². The summed E-state index contributed by atoms with van der Waals surface area (Å²) in [7, 11) is 0. The summed E-state index contributed by atoms with van der Waals surface area (Å²) < 4.78 is 13.0. The molecule has 0 saturated heterocycles. The van der Waals surface area contributed by atoms with Gasteiger partial charge in [0.2, 0.25) is 5.91 Å². The summed E-state index contributed by atoms with van der Waals surface area (Å²) in [5, 5.41) is 2.97. The van der Waals surface area contributed by atoms with Crippen molar-refractivity contribution in [3.8, 4) is 0 Å². The predicted molar refractivity (Wildman–Crippen MR) is 71.1 cm³/mol. The van der Waals surface area contributed by atoms with Gasteiger partial charge in [-0.15, -0.1) is 12.4 Å². The number of amides is 1. The number of nitrogens with two attached hydrogens (primary N) is 1. The van der Waals surface area contributed by atoms with E-state index in [2.05, 4.69) is 5.32 Å². The number of carbonyl (C=O) groups excluding carboxylic acids is 1. The van der Waals surface area contributed by atoms with E-state index in [1.165, 1.54) is 6.07 Å². The zero-order valence-corrected chi connectivity index (χ0v) is 10.9. The zero-order chi connectivity index (χ0) is 12.3. The quantitative estimate of drug-likeness (QED) is 0.882. The summed E-state index contributed by atoms with van der Waals surface area (Å²) in [6.45, 7) is 0.528. The van der Waals surface area contributed by atoms with Crippen molar-refractivity contribution in [3.63, 3.8) is 0 Å². The fourth-order valence-corrected chi connectivity index (χ4v) is 2.27. The molecule has 1 unspecified atom stereocenters. The number of hydrogen-bond donors (Lipinski definition) is 2. The number of nitrogens with one attached hydrogen (secondary N) is 1. The fourth-order valence-electron chi connectivity index (χ4n) is 2.27. The molecule has 100 valence electrons. The van der Waals surface area contributed by atoms with Crippen LogP contribution in [0.15, 0.2) is 18.2 Å². The molecule has 1 aliphatic rings. The molecule has 18 heavy (non-hydrogen) atoms. The van der Waals surface area contributed by atoms with E-state index in [1.807, 2.05) is 0 Å². The Labute approximate surface area is 112 Å². The third-order valence-electron chi connectivity index (χ3n) is 3.13. The van der Waals surface area contributed by atoms with Gasteiger partial charge in [0.15, 0.2) is 0 Å². The van der Waals surface area contributed by atoms with Gasteiger partial charge in [-0.1, -0.05) is 6.07 Å². The number of hydrogen-bond acceptors (Lipinski definition) is 2. The lowest BCUT2D eigenvalue weighted by Crippen LogP contribution is -2.27. The summed E-state index contributed by atoms with van der Waals surface area (Å²) >= 11 is 0. The average Bonchev–Trinajstić information content (AvgIpc) is 2.69. The number of fused-ring (bicyclic) bond motifs is 1. The number of aryl methyl sites for hydroxylation is 1. The molecule has 5 heteroatoms. The Balaban J connectivity index is 0.00000162. The first-order chi connectivity index (χ1) is 8.20. The standard InChI is InChI=1S/C13H17FN2O.ClH/c14-10-4-5-11-9(8-10)3-6-12(11)16-13(17)2-1-7-15;/h4-5,8,12H,1-3,6-7,15H2,(H,16,17);1H. The minimum atomic E-state index is -0.209. The molecule has 0 aliphatic heterocycles. The van der Waals surface area contributed by atoms with E-state index in [4.69, 9.17) is 5.73 Å². The van der Waals surface area contributed by atoms with E-state index in [1.54, 1.807) is 12.1 Å². The molecular weight excluding hydrogens is 255 g/mol. The minimum absolute atomic E-state index is 0. The van der Waals surface area contributed by atoms with Crippen molar-refractivity contribution >= 4 is 18.3 Å². The topological polar surface area (TPSA) is 55.1 Å². The van der Waals surface area contributed by atoms with E-state index < -0.39 is 0 Å². The number of carbonyl (C=O) groups is 1. The minimum Gasteiger partial charge on any atom is -0.349 e. The maximum absolute atomic E-state index is 13.0. The largest absolute Gasteiger partial charge is 0.349 e. The lowest BCUT2D eigenvalue weighted by Gasteiger charge is -2.13. The van der Waals surface area contributed by atoms with Crippen LogP contribution >= 0.6 is 12.4 Å². The van der Waals surface area contributed by atoms with Gasteiger partial charge in [0, 0.05) is 6.42 Å². The Hall–Kier alpha value is -1.13. The van der Waals surface area contributed by atoms with Gasteiger partial charge in [-0.05, 0) is 49.1 Å². The molecule has 2 rings (SSSR count). The molecule has 0 bridgehead atoms. The van der Waals surface area contributed by atoms with Crippen molar-refractivity contribution in [1.29, 1.82) is 0 Å². The molecule has 1 amide bonds. The summed E-state index contributed by atoms with van der Waals surface area (Å²) in [6, 6.07) is 4.81. The summed E-state index contributed by atoms with van der Waals surface area (Å²) in [4.78, 5) is 11.6. The summed E-state index contributed by atoms with van der Waals surface area (Å²) in [6.07, 6.45) is 2.85. The summed E-state index contributed by atoms with van der Waals surface area (Å²) in [5.41, 5.74) is 7.41. The van der Waals surface area contributed by atoms with Crippen LogP contribution in [0.5, 0.6) is 0 Å². The smallest absolute Gasteiger partial charge is 0.220 e. The molecule has 1 aromatic rings. The predicted octanol–water partition coefficient (Wildman–Crippen LogP) is 2.09. The van der Waals surface area contributed by atoms with Crippen molar-refractivity contribution in [1.82, 2.24) is 5.32 Å². The first-order valence-corrected chi connectivity index (χ1v) is 5.98. The molecule has 3 nitrogen and oxygen atoms in total. The van der Waals surface area contributed by atoms with Crippen LogP contribution in [0.25, 0.3) is 0 Å². The second-order valence-electron chi connectivity index (χ2n) is 4.39. The van der Waals surface area contributed by atoms with Crippen LogP contribution < -0.4 is 11.1 Å². The number of benzene rings is 1. The fraction of sp³-hybridized carbons (Fsp3) is 0.462. The highest BCUT2D eigenvalue weighted by molar-refractivity contribution is 5.85. The molecule has 1 aliphatic carbocycles. The molecule has 0 radical (unpaired) electrons. The van der Waals surface area contributed by atoms with E-state index in [0.29, 0.717) is 19.4 Å². The van der Waals surface area contributed by atoms with Crippen molar-refractivity contribution in [2.24, 2.45) is 5.73 Å². The Morgan fingerprint density at radius 1 is 1.50 bits per heavy atom. The van der Waals surface area contributed by atoms with Gasteiger partial charge in [0.1, 0.15) is 5.82 Å². The van der Waals surface area contributed by atoms with Crippen LogP contribution in [0.4, 0.5) is 4.39 Å². The van der Waals surface area contributed by atoms with Crippen molar-refractivity contribution in [2.75, 3.05) is 6.54 Å². The molecule has 0 saturated carbocycles. The Kier molecular flexibility index (Phi) is 5.56. The molecule has 1 atom stereocenters. The Morgan fingerprint density at radius 2 is 2.28 bits per heavy atom. The normalized spacial score (nSPS) is 16.9. The molecule has 0 spiro atoms. The van der Waals surface area contributed by atoms with Crippen LogP contribution in [-0.2, 0) is 11.2 Å². The average molecular weight is 273 g/mol. The van der Waals surface area contributed by atoms with Crippen molar-refractivity contribution in [3.05, 3.63) is 35.1 Å². The number of rotatable bonds is 4. The van der Waals surface area contributed by atoms with Gasteiger partial charge in [-0.25, -0.2) is 4.39 Å². The molecular formula is C13H18ClFN2O. The Morgan fingerprint density at radius 3 is 3.00 bits per heavy atom. The van der Waals surface area contributed by atoms with Gasteiger partial charge < -0.3 is 11.1 Å². The van der Waals surface area contributed by atoms with Crippen LogP contribution in [0, 0.1) is 5.82 Å². The van der Waals surface area contributed by atoms with Crippen LogP contribution in [0.3, 0.4) is 0 Å². The van der Waals surface area contributed by atoms with Gasteiger partial charge in [-0.2, -0.15) is 0 Å². The third-order valence-corrected chi connectivity index (χ3v) is 3.13. The van der Waals surface area contributed by atoms with E-state index in [9.17, 15) is 9.18 Å².